The van der Waals surface area contributed by atoms with Crippen molar-refractivity contribution in [3.8, 4) is 5.75 Å². The van der Waals surface area contributed by atoms with Crippen molar-refractivity contribution in [1.29, 1.82) is 0 Å². The molecule has 0 radical (unpaired) electrons. The summed E-state index contributed by atoms with van der Waals surface area (Å²) in [5.74, 6) is 1.05. The summed E-state index contributed by atoms with van der Waals surface area (Å²) in [7, 11) is 3.35. The first-order valence-electron chi connectivity index (χ1n) is 8.77. The van der Waals surface area contributed by atoms with Crippen LogP contribution in [0.4, 0.5) is 0 Å². The van der Waals surface area contributed by atoms with Crippen molar-refractivity contribution < 1.29 is 23.4 Å². The van der Waals surface area contributed by atoms with Crippen LogP contribution in [0, 0.1) is 0 Å². The molecule has 3 atom stereocenters. The van der Waals surface area contributed by atoms with Gasteiger partial charge in [0.25, 0.3) is 5.91 Å². The first kappa shape index (κ1) is 17.1. The van der Waals surface area contributed by atoms with Crippen molar-refractivity contribution in [3.05, 3.63) is 54.0 Å². The number of methoxy groups -OCH3 is 2. The van der Waals surface area contributed by atoms with Crippen molar-refractivity contribution in [3.63, 3.8) is 0 Å². The van der Waals surface area contributed by atoms with Crippen LogP contribution in [-0.2, 0) is 9.47 Å². The molecule has 3 heterocycles. The molecule has 1 aromatic heterocycles. The predicted molar refractivity (Wildman–Crippen MR) is 94.4 cm³/mol. The minimum Gasteiger partial charge on any atom is -0.497 e. The molecule has 26 heavy (non-hydrogen) atoms. The van der Waals surface area contributed by atoms with Gasteiger partial charge in [0.2, 0.25) is 0 Å². The maximum Gasteiger partial charge on any atom is 0.257 e. The first-order valence-corrected chi connectivity index (χ1v) is 8.77. The van der Waals surface area contributed by atoms with E-state index in [1.54, 1.807) is 25.2 Å². The number of carbonyl (C=O) groups excluding carboxylic acids is 1. The van der Waals surface area contributed by atoms with E-state index in [9.17, 15) is 4.79 Å². The predicted octanol–water partition coefficient (Wildman–Crippen LogP) is 2.70. The summed E-state index contributed by atoms with van der Waals surface area (Å²) in [5.41, 5.74) is 1.27. The Morgan fingerprint density at radius 2 is 2.19 bits per heavy atom. The molecule has 0 aliphatic carbocycles. The summed E-state index contributed by atoms with van der Waals surface area (Å²) in [4.78, 5) is 14.5. The molecule has 1 amide bonds. The van der Waals surface area contributed by atoms with Gasteiger partial charge >= 0.3 is 0 Å². The van der Waals surface area contributed by atoms with Crippen molar-refractivity contribution >= 4 is 5.91 Å². The highest BCUT2D eigenvalue weighted by Gasteiger charge is 2.54. The third-order valence-corrected chi connectivity index (χ3v) is 5.50. The molecule has 0 bridgehead atoms. The summed E-state index contributed by atoms with van der Waals surface area (Å²) in [5, 5.41) is 0. The van der Waals surface area contributed by atoms with Gasteiger partial charge in [0.05, 0.1) is 38.6 Å². The lowest BCUT2D eigenvalue weighted by Gasteiger charge is -2.28. The second-order valence-corrected chi connectivity index (χ2v) is 6.98. The molecule has 138 valence electrons. The number of likely N-dealkylation sites (tertiary alicyclic amines) is 1. The average molecular weight is 357 g/mol. The quantitative estimate of drug-likeness (QED) is 0.842. The first-order chi connectivity index (χ1) is 12.6. The third kappa shape index (κ3) is 2.89. The molecule has 2 saturated heterocycles. The molecule has 2 aromatic rings. The van der Waals surface area contributed by atoms with Crippen molar-refractivity contribution in [2.45, 2.75) is 24.0 Å². The van der Waals surface area contributed by atoms with Gasteiger partial charge in [-0.3, -0.25) is 4.79 Å². The lowest BCUT2D eigenvalue weighted by molar-refractivity contribution is -0.0755. The van der Waals surface area contributed by atoms with Crippen LogP contribution in [0.15, 0.2) is 47.3 Å². The molecular weight excluding hydrogens is 334 g/mol. The fraction of sp³-hybridized carbons (Fsp3) is 0.450. The van der Waals surface area contributed by atoms with E-state index >= 15 is 0 Å². The van der Waals surface area contributed by atoms with Gasteiger partial charge in [0.1, 0.15) is 23.7 Å². The number of amides is 1. The molecule has 0 N–H and O–H groups in total. The highest BCUT2D eigenvalue weighted by Crippen LogP contribution is 2.44. The molecule has 4 rings (SSSR count). The number of rotatable bonds is 4. The molecule has 2 aliphatic rings. The van der Waals surface area contributed by atoms with Crippen LogP contribution in [0.2, 0.25) is 0 Å². The number of furan rings is 1. The summed E-state index contributed by atoms with van der Waals surface area (Å²) in [6.45, 7) is 1.65. The number of hydrogen-bond acceptors (Lipinski definition) is 5. The van der Waals surface area contributed by atoms with Crippen molar-refractivity contribution in [2.75, 3.05) is 33.9 Å². The molecule has 2 fully saturated rings. The van der Waals surface area contributed by atoms with Crippen LogP contribution in [0.3, 0.4) is 0 Å². The highest BCUT2D eigenvalue weighted by atomic mass is 16.6. The summed E-state index contributed by atoms with van der Waals surface area (Å²) in [6, 6.07) is 9.77. The lowest BCUT2D eigenvalue weighted by Crippen LogP contribution is -2.42. The molecular formula is C20H23NO5. The van der Waals surface area contributed by atoms with Gasteiger partial charge in [-0.2, -0.15) is 0 Å². The van der Waals surface area contributed by atoms with E-state index in [0.29, 0.717) is 25.3 Å². The van der Waals surface area contributed by atoms with Crippen LogP contribution < -0.4 is 4.74 Å². The van der Waals surface area contributed by atoms with Crippen LogP contribution in [0.5, 0.6) is 5.75 Å². The second kappa shape index (κ2) is 6.78. The maximum atomic E-state index is 12.7. The molecule has 1 spiro atoms. The maximum absolute atomic E-state index is 12.7. The Morgan fingerprint density at radius 1 is 1.31 bits per heavy atom. The van der Waals surface area contributed by atoms with E-state index < -0.39 is 5.60 Å². The lowest BCUT2D eigenvalue weighted by atomic mass is 9.87. The Morgan fingerprint density at radius 3 is 2.92 bits per heavy atom. The molecule has 6 nitrogen and oxygen atoms in total. The molecule has 6 heteroatoms. The molecule has 0 unspecified atom stereocenters. The normalized spacial score (nSPS) is 28.0. The second-order valence-electron chi connectivity index (χ2n) is 6.98. The van der Waals surface area contributed by atoms with Crippen molar-refractivity contribution in [1.82, 2.24) is 4.90 Å². The largest absolute Gasteiger partial charge is 0.497 e. The number of carbonyl (C=O) groups is 1. The molecule has 0 saturated carbocycles. The Balaban J connectivity index is 1.53. The molecule has 1 aromatic carbocycles. The van der Waals surface area contributed by atoms with E-state index in [4.69, 9.17) is 18.6 Å². The van der Waals surface area contributed by atoms with Gasteiger partial charge in [0.15, 0.2) is 0 Å². The Hall–Kier alpha value is -2.31. The number of ether oxygens (including phenoxy) is 3. The van der Waals surface area contributed by atoms with E-state index in [2.05, 4.69) is 12.1 Å². The number of nitrogens with zero attached hydrogens (tertiary/aromatic N) is 1. The SMILES string of the molecule is COc1cccc([C@@H]2CO[C@]3(C2)CN(C(=O)c2ccoc2)C[C@H]3OC)c1. The minimum absolute atomic E-state index is 0.0499. The molecule has 2 aliphatic heterocycles. The summed E-state index contributed by atoms with van der Waals surface area (Å²) in [6.07, 6.45) is 3.66. The monoisotopic (exact) mass is 357 g/mol. The van der Waals surface area contributed by atoms with E-state index in [1.807, 2.05) is 12.1 Å². The zero-order chi connectivity index (χ0) is 18.1. The Kier molecular flexibility index (Phi) is 4.46. The minimum atomic E-state index is -0.470. The number of benzene rings is 1. The Labute approximate surface area is 152 Å². The van der Waals surface area contributed by atoms with E-state index in [-0.39, 0.29) is 17.9 Å². The Bertz CT molecular complexity index is 774. The zero-order valence-corrected chi connectivity index (χ0v) is 15.0. The summed E-state index contributed by atoms with van der Waals surface area (Å²) >= 11 is 0. The van der Waals surface area contributed by atoms with Gasteiger partial charge in [-0.25, -0.2) is 0 Å². The van der Waals surface area contributed by atoms with Crippen LogP contribution in [0.25, 0.3) is 0 Å². The number of hydrogen-bond donors (Lipinski definition) is 0. The van der Waals surface area contributed by atoms with E-state index in [0.717, 1.165) is 12.2 Å². The van der Waals surface area contributed by atoms with Crippen LogP contribution >= 0.6 is 0 Å². The van der Waals surface area contributed by atoms with Crippen LogP contribution in [0.1, 0.15) is 28.3 Å². The topological polar surface area (TPSA) is 61.1 Å². The van der Waals surface area contributed by atoms with E-state index in [1.165, 1.54) is 18.1 Å². The van der Waals surface area contributed by atoms with Gasteiger partial charge in [0, 0.05) is 13.0 Å². The third-order valence-electron chi connectivity index (χ3n) is 5.50. The fourth-order valence-corrected chi connectivity index (χ4v) is 4.11. The van der Waals surface area contributed by atoms with Crippen LogP contribution in [-0.4, -0.2) is 56.4 Å². The summed E-state index contributed by atoms with van der Waals surface area (Å²) < 4.78 is 22.3. The zero-order valence-electron chi connectivity index (χ0n) is 15.0. The smallest absolute Gasteiger partial charge is 0.257 e. The van der Waals surface area contributed by atoms with Gasteiger partial charge in [-0.1, -0.05) is 12.1 Å². The van der Waals surface area contributed by atoms with Gasteiger partial charge in [-0.15, -0.1) is 0 Å². The highest BCUT2D eigenvalue weighted by molar-refractivity contribution is 5.94. The van der Waals surface area contributed by atoms with Gasteiger partial charge in [-0.05, 0) is 30.2 Å². The fourth-order valence-electron chi connectivity index (χ4n) is 4.11. The average Bonchev–Trinajstić information content (AvgIpc) is 3.42. The van der Waals surface area contributed by atoms with Crippen molar-refractivity contribution in [2.24, 2.45) is 0 Å². The van der Waals surface area contributed by atoms with Gasteiger partial charge < -0.3 is 23.5 Å². The standard InChI is InChI=1S/C20H23NO5/c1-23-17-5-3-4-14(8-17)16-9-20(26-12-16)13-21(10-18(20)24-2)19(22)15-6-7-25-11-15/h3-8,11,16,18H,9-10,12-13H2,1-2H3/t16-,18+,20+/m0/s1.